The highest BCUT2D eigenvalue weighted by molar-refractivity contribution is 5.61. The molecule has 0 aliphatic carbocycles. The van der Waals surface area contributed by atoms with Crippen LogP contribution in [0.15, 0.2) is 52.9 Å². The van der Waals surface area contributed by atoms with Gasteiger partial charge in [-0.25, -0.2) is 0 Å². The Morgan fingerprint density at radius 3 is 1.77 bits per heavy atom. The van der Waals surface area contributed by atoms with Crippen LogP contribution >= 0.6 is 0 Å². The first-order valence-corrected chi connectivity index (χ1v) is 6.93. The molecule has 3 rings (SSSR count). The molecule has 0 radical (unpaired) electrons. The van der Waals surface area contributed by atoms with Crippen molar-refractivity contribution in [1.29, 1.82) is 0 Å². The maximum Gasteiger partial charge on any atom is 0.248 e. The number of hydrogen-bond donors (Lipinski definition) is 0. The molecular formula is C17H17N3O2. The van der Waals surface area contributed by atoms with Crippen LogP contribution in [0.1, 0.15) is 0 Å². The number of methoxy groups -OCH3 is 1. The fourth-order valence-corrected chi connectivity index (χ4v) is 2.09. The van der Waals surface area contributed by atoms with Crippen molar-refractivity contribution in [2.75, 3.05) is 26.1 Å². The molecule has 1 heterocycles. The first-order valence-electron chi connectivity index (χ1n) is 6.93. The number of nitrogens with zero attached hydrogens (tertiary/aromatic N) is 3. The zero-order valence-electron chi connectivity index (χ0n) is 12.8. The summed E-state index contributed by atoms with van der Waals surface area (Å²) in [6.07, 6.45) is 0. The topological polar surface area (TPSA) is 51.4 Å². The summed E-state index contributed by atoms with van der Waals surface area (Å²) >= 11 is 0. The van der Waals surface area contributed by atoms with Crippen LogP contribution in [0.2, 0.25) is 0 Å². The van der Waals surface area contributed by atoms with Crippen molar-refractivity contribution in [3.05, 3.63) is 48.5 Å². The van der Waals surface area contributed by atoms with E-state index in [1.807, 2.05) is 67.5 Å². The molecule has 112 valence electrons. The fraction of sp³-hybridized carbons (Fsp3) is 0.176. The standard InChI is InChI=1S/C17H17N3O2/c1-20(2)14-8-4-12(5-9-14)16-18-19-17(22-16)13-6-10-15(21-3)11-7-13/h4-11H,1-3H3. The molecule has 5 nitrogen and oxygen atoms in total. The number of hydrogen-bond acceptors (Lipinski definition) is 5. The number of ether oxygens (including phenoxy) is 1. The SMILES string of the molecule is COc1ccc(-c2nnc(-c3ccc(N(C)C)cc3)o2)cc1. The van der Waals surface area contributed by atoms with E-state index in [0.717, 1.165) is 22.6 Å². The molecule has 0 bridgehead atoms. The normalized spacial score (nSPS) is 10.5. The van der Waals surface area contributed by atoms with Gasteiger partial charge in [-0.15, -0.1) is 10.2 Å². The van der Waals surface area contributed by atoms with Gasteiger partial charge in [0, 0.05) is 30.9 Å². The molecule has 0 fully saturated rings. The molecule has 1 aromatic heterocycles. The third-order valence-electron chi connectivity index (χ3n) is 3.39. The molecule has 22 heavy (non-hydrogen) atoms. The van der Waals surface area contributed by atoms with Crippen LogP contribution in [-0.4, -0.2) is 31.4 Å². The van der Waals surface area contributed by atoms with E-state index in [4.69, 9.17) is 9.15 Å². The second-order valence-corrected chi connectivity index (χ2v) is 5.08. The third kappa shape index (κ3) is 2.79. The molecule has 0 amide bonds. The van der Waals surface area contributed by atoms with Crippen LogP contribution < -0.4 is 9.64 Å². The molecule has 5 heteroatoms. The number of rotatable bonds is 4. The van der Waals surface area contributed by atoms with Gasteiger partial charge in [0.25, 0.3) is 0 Å². The molecule has 0 saturated heterocycles. The largest absolute Gasteiger partial charge is 0.497 e. The Morgan fingerprint density at radius 1 is 0.818 bits per heavy atom. The van der Waals surface area contributed by atoms with E-state index in [1.54, 1.807) is 7.11 Å². The van der Waals surface area contributed by atoms with E-state index in [-0.39, 0.29) is 0 Å². The summed E-state index contributed by atoms with van der Waals surface area (Å²) in [5, 5.41) is 8.23. The Bertz CT molecular complexity index is 746. The Hall–Kier alpha value is -2.82. The van der Waals surface area contributed by atoms with Gasteiger partial charge < -0.3 is 14.1 Å². The summed E-state index contributed by atoms with van der Waals surface area (Å²) in [5.74, 6) is 1.80. The Balaban J connectivity index is 1.86. The van der Waals surface area contributed by atoms with E-state index in [1.165, 1.54) is 0 Å². The molecule has 0 N–H and O–H groups in total. The van der Waals surface area contributed by atoms with Crippen molar-refractivity contribution < 1.29 is 9.15 Å². The van der Waals surface area contributed by atoms with E-state index in [2.05, 4.69) is 10.2 Å². The predicted molar refractivity (Wildman–Crippen MR) is 86.0 cm³/mol. The van der Waals surface area contributed by atoms with Crippen molar-refractivity contribution in [3.63, 3.8) is 0 Å². The average Bonchev–Trinajstić information content (AvgIpc) is 3.05. The van der Waals surface area contributed by atoms with Gasteiger partial charge in [0.15, 0.2) is 0 Å². The Morgan fingerprint density at radius 2 is 1.32 bits per heavy atom. The first-order chi connectivity index (χ1) is 10.7. The minimum absolute atomic E-state index is 0.495. The summed E-state index contributed by atoms with van der Waals surface area (Å²) in [7, 11) is 5.64. The maximum atomic E-state index is 5.75. The van der Waals surface area contributed by atoms with Crippen LogP contribution in [0, 0.1) is 0 Å². The van der Waals surface area contributed by atoms with Gasteiger partial charge in [-0.3, -0.25) is 0 Å². The minimum Gasteiger partial charge on any atom is -0.497 e. The summed E-state index contributed by atoms with van der Waals surface area (Å²) in [6.45, 7) is 0. The minimum atomic E-state index is 0.495. The highest BCUT2D eigenvalue weighted by Crippen LogP contribution is 2.26. The summed E-state index contributed by atoms with van der Waals surface area (Å²) < 4.78 is 10.9. The molecule has 0 spiro atoms. The Kier molecular flexibility index (Phi) is 3.78. The van der Waals surface area contributed by atoms with Crippen LogP contribution in [0.3, 0.4) is 0 Å². The molecule has 0 aliphatic rings. The second kappa shape index (κ2) is 5.89. The van der Waals surface area contributed by atoms with Crippen molar-refractivity contribution in [3.8, 4) is 28.7 Å². The van der Waals surface area contributed by atoms with E-state index in [9.17, 15) is 0 Å². The van der Waals surface area contributed by atoms with Crippen LogP contribution in [0.5, 0.6) is 5.75 Å². The van der Waals surface area contributed by atoms with Gasteiger partial charge in [0.05, 0.1) is 7.11 Å². The monoisotopic (exact) mass is 295 g/mol. The fourth-order valence-electron chi connectivity index (χ4n) is 2.09. The smallest absolute Gasteiger partial charge is 0.248 e. The highest BCUT2D eigenvalue weighted by atomic mass is 16.5. The predicted octanol–water partition coefficient (Wildman–Crippen LogP) is 3.48. The molecule has 0 unspecified atom stereocenters. The summed E-state index contributed by atoms with van der Waals surface area (Å²) in [5.41, 5.74) is 2.89. The average molecular weight is 295 g/mol. The molecular weight excluding hydrogens is 278 g/mol. The van der Waals surface area contributed by atoms with Crippen LogP contribution in [0.4, 0.5) is 5.69 Å². The molecule has 3 aromatic rings. The Labute approximate surface area is 129 Å². The quantitative estimate of drug-likeness (QED) is 0.737. The molecule has 0 saturated carbocycles. The van der Waals surface area contributed by atoms with Crippen LogP contribution in [-0.2, 0) is 0 Å². The second-order valence-electron chi connectivity index (χ2n) is 5.08. The first kappa shape index (κ1) is 14.1. The van der Waals surface area contributed by atoms with E-state index in [0.29, 0.717) is 11.8 Å². The van der Waals surface area contributed by atoms with Crippen molar-refractivity contribution in [2.24, 2.45) is 0 Å². The lowest BCUT2D eigenvalue weighted by atomic mass is 10.2. The number of anilines is 1. The zero-order valence-corrected chi connectivity index (χ0v) is 12.8. The van der Waals surface area contributed by atoms with E-state index >= 15 is 0 Å². The van der Waals surface area contributed by atoms with Crippen LogP contribution in [0.25, 0.3) is 22.9 Å². The maximum absolute atomic E-state index is 5.75. The van der Waals surface area contributed by atoms with Gasteiger partial charge >= 0.3 is 0 Å². The highest BCUT2D eigenvalue weighted by Gasteiger charge is 2.10. The number of benzene rings is 2. The molecule has 2 aromatic carbocycles. The van der Waals surface area contributed by atoms with Gasteiger partial charge in [0.1, 0.15) is 5.75 Å². The van der Waals surface area contributed by atoms with Gasteiger partial charge in [-0.2, -0.15) is 0 Å². The van der Waals surface area contributed by atoms with E-state index < -0.39 is 0 Å². The van der Waals surface area contributed by atoms with Gasteiger partial charge in [0.2, 0.25) is 11.8 Å². The van der Waals surface area contributed by atoms with Gasteiger partial charge in [-0.1, -0.05) is 0 Å². The lowest BCUT2D eigenvalue weighted by molar-refractivity contribution is 0.415. The lowest BCUT2D eigenvalue weighted by Gasteiger charge is -2.11. The lowest BCUT2D eigenvalue weighted by Crippen LogP contribution is -2.07. The summed E-state index contributed by atoms with van der Waals surface area (Å²) in [4.78, 5) is 2.04. The number of aromatic nitrogens is 2. The van der Waals surface area contributed by atoms with Crippen molar-refractivity contribution >= 4 is 5.69 Å². The summed E-state index contributed by atoms with van der Waals surface area (Å²) in [6, 6.07) is 15.5. The third-order valence-corrected chi connectivity index (χ3v) is 3.39. The molecule has 0 atom stereocenters. The van der Waals surface area contributed by atoms with Gasteiger partial charge in [-0.05, 0) is 48.5 Å². The zero-order chi connectivity index (χ0) is 15.5. The molecule has 0 aliphatic heterocycles. The van der Waals surface area contributed by atoms with Crippen molar-refractivity contribution in [2.45, 2.75) is 0 Å². The van der Waals surface area contributed by atoms with Crippen molar-refractivity contribution in [1.82, 2.24) is 10.2 Å².